The Hall–Kier alpha value is -2.14. The zero-order valence-electron chi connectivity index (χ0n) is 10.6. The smallest absolute Gasteiger partial charge is 0.339 e. The number of anilines is 1. The predicted octanol–water partition coefficient (Wildman–Crippen LogP) is 2.12. The van der Waals surface area contributed by atoms with Gasteiger partial charge in [-0.05, 0) is 19.4 Å². The first-order valence-electron chi connectivity index (χ1n) is 6.12. The van der Waals surface area contributed by atoms with E-state index in [1.54, 1.807) is 0 Å². The Labute approximate surface area is 110 Å². The van der Waals surface area contributed by atoms with E-state index in [2.05, 4.69) is 10.3 Å². The molecule has 0 spiro atoms. The number of carbonyl (C=O) groups is 1. The largest absolute Gasteiger partial charge is 0.478 e. The Kier molecular flexibility index (Phi) is 3.97. The average Bonchev–Trinajstić information content (AvgIpc) is 2.39. The highest BCUT2D eigenvalue weighted by atomic mass is 16.4. The second kappa shape index (κ2) is 5.67. The molecule has 0 saturated carbocycles. The third-order valence-electron chi connectivity index (χ3n) is 2.96. The summed E-state index contributed by atoms with van der Waals surface area (Å²) in [6.07, 6.45) is 1.91. The maximum absolute atomic E-state index is 11.3. The predicted molar refractivity (Wildman–Crippen MR) is 73.5 cm³/mol. The van der Waals surface area contributed by atoms with Gasteiger partial charge in [0.1, 0.15) is 5.56 Å². The number of aliphatic hydroxyl groups excluding tert-OH is 1. The topological polar surface area (TPSA) is 82.5 Å². The number of carboxylic acid groups (broad SMARTS) is 1. The van der Waals surface area contributed by atoms with Crippen molar-refractivity contribution in [2.45, 2.75) is 19.4 Å². The van der Waals surface area contributed by atoms with E-state index in [-0.39, 0.29) is 18.2 Å². The van der Waals surface area contributed by atoms with Gasteiger partial charge in [-0.15, -0.1) is 0 Å². The molecule has 19 heavy (non-hydrogen) atoms. The molecule has 100 valence electrons. The molecule has 1 aromatic carbocycles. The fraction of sp³-hybridized carbons (Fsp3) is 0.286. The number of hydrogen-bond donors (Lipinski definition) is 3. The highest BCUT2D eigenvalue weighted by Gasteiger charge is 2.15. The number of nitrogens with zero attached hydrogens (tertiary/aromatic N) is 1. The number of aliphatic hydroxyl groups is 1. The van der Waals surface area contributed by atoms with Crippen LogP contribution >= 0.6 is 0 Å². The van der Waals surface area contributed by atoms with Gasteiger partial charge in [0.2, 0.25) is 0 Å². The SMILES string of the molecule is CC(CCO)Nc1c(C(=O)O)cnc2ccccc12. The Morgan fingerprint density at radius 1 is 1.42 bits per heavy atom. The number of nitrogens with one attached hydrogen (secondary N) is 1. The highest BCUT2D eigenvalue weighted by molar-refractivity contribution is 6.04. The molecule has 0 saturated heterocycles. The number of carboxylic acids is 1. The van der Waals surface area contributed by atoms with E-state index in [4.69, 9.17) is 5.11 Å². The van der Waals surface area contributed by atoms with Crippen molar-refractivity contribution in [3.05, 3.63) is 36.0 Å². The van der Waals surface area contributed by atoms with Crippen LogP contribution < -0.4 is 5.32 Å². The van der Waals surface area contributed by atoms with Crippen LogP contribution in [0.1, 0.15) is 23.7 Å². The number of para-hydroxylation sites is 1. The average molecular weight is 260 g/mol. The van der Waals surface area contributed by atoms with Crippen LogP contribution in [0.25, 0.3) is 10.9 Å². The standard InChI is InChI=1S/C14H16N2O3/c1-9(6-7-17)16-13-10-4-2-3-5-12(10)15-8-11(13)14(18)19/h2-5,8-9,17H,6-7H2,1H3,(H,15,16)(H,18,19). The van der Waals surface area contributed by atoms with E-state index < -0.39 is 5.97 Å². The normalized spacial score (nSPS) is 12.3. The first-order chi connectivity index (χ1) is 9.13. The first-order valence-corrected chi connectivity index (χ1v) is 6.12. The summed E-state index contributed by atoms with van der Waals surface area (Å²) in [7, 11) is 0. The van der Waals surface area contributed by atoms with Gasteiger partial charge in [0.15, 0.2) is 0 Å². The summed E-state index contributed by atoms with van der Waals surface area (Å²) < 4.78 is 0. The number of fused-ring (bicyclic) bond motifs is 1. The molecule has 5 nitrogen and oxygen atoms in total. The minimum atomic E-state index is -1.02. The van der Waals surface area contributed by atoms with Gasteiger partial charge in [-0.1, -0.05) is 18.2 Å². The molecule has 2 aromatic rings. The third kappa shape index (κ3) is 2.82. The van der Waals surface area contributed by atoms with Crippen LogP contribution in [0.15, 0.2) is 30.5 Å². The number of aromatic carboxylic acids is 1. The molecule has 0 aliphatic heterocycles. The Balaban J connectivity index is 2.52. The molecule has 1 unspecified atom stereocenters. The second-order valence-electron chi connectivity index (χ2n) is 4.43. The van der Waals surface area contributed by atoms with E-state index in [1.165, 1.54) is 6.20 Å². The van der Waals surface area contributed by atoms with Gasteiger partial charge in [0, 0.05) is 24.2 Å². The van der Waals surface area contributed by atoms with Crippen LogP contribution in [0.2, 0.25) is 0 Å². The lowest BCUT2D eigenvalue weighted by Gasteiger charge is -2.17. The summed E-state index contributed by atoms with van der Waals surface area (Å²) in [6, 6.07) is 7.36. The molecule has 2 rings (SSSR count). The number of pyridine rings is 1. The minimum Gasteiger partial charge on any atom is -0.478 e. The van der Waals surface area contributed by atoms with Gasteiger partial charge in [-0.25, -0.2) is 4.79 Å². The molecule has 5 heteroatoms. The Morgan fingerprint density at radius 2 is 2.16 bits per heavy atom. The van der Waals surface area contributed by atoms with Crippen LogP contribution in [-0.2, 0) is 0 Å². The summed E-state index contributed by atoms with van der Waals surface area (Å²) in [5.41, 5.74) is 1.44. The van der Waals surface area contributed by atoms with Crippen LogP contribution in [-0.4, -0.2) is 33.8 Å². The zero-order valence-corrected chi connectivity index (χ0v) is 10.6. The summed E-state index contributed by atoms with van der Waals surface area (Å²) in [5, 5.41) is 22.1. The van der Waals surface area contributed by atoms with Gasteiger partial charge in [0.25, 0.3) is 0 Å². The molecule has 0 radical (unpaired) electrons. The number of benzene rings is 1. The van der Waals surface area contributed by atoms with Crippen molar-refractivity contribution in [2.24, 2.45) is 0 Å². The van der Waals surface area contributed by atoms with E-state index in [0.717, 1.165) is 10.9 Å². The van der Waals surface area contributed by atoms with Gasteiger partial charge in [0.05, 0.1) is 11.2 Å². The van der Waals surface area contributed by atoms with Crippen molar-refractivity contribution in [3.63, 3.8) is 0 Å². The van der Waals surface area contributed by atoms with Gasteiger partial charge < -0.3 is 15.5 Å². The van der Waals surface area contributed by atoms with Crippen molar-refractivity contribution < 1.29 is 15.0 Å². The maximum Gasteiger partial charge on any atom is 0.339 e. The van der Waals surface area contributed by atoms with E-state index in [1.807, 2.05) is 31.2 Å². The highest BCUT2D eigenvalue weighted by Crippen LogP contribution is 2.26. The number of rotatable bonds is 5. The molecule has 0 bridgehead atoms. The van der Waals surface area contributed by atoms with Crippen LogP contribution in [0, 0.1) is 0 Å². The van der Waals surface area contributed by atoms with Crippen molar-refractivity contribution in [1.29, 1.82) is 0 Å². The van der Waals surface area contributed by atoms with Crippen molar-refractivity contribution in [2.75, 3.05) is 11.9 Å². The van der Waals surface area contributed by atoms with Crippen LogP contribution in [0.5, 0.6) is 0 Å². The molecular weight excluding hydrogens is 244 g/mol. The van der Waals surface area contributed by atoms with Crippen molar-refractivity contribution in [3.8, 4) is 0 Å². The van der Waals surface area contributed by atoms with Crippen molar-refractivity contribution >= 4 is 22.6 Å². The molecule has 0 aliphatic carbocycles. The van der Waals surface area contributed by atoms with Gasteiger partial charge >= 0.3 is 5.97 Å². The summed E-state index contributed by atoms with van der Waals surface area (Å²) >= 11 is 0. The number of hydrogen-bond acceptors (Lipinski definition) is 4. The number of aromatic nitrogens is 1. The maximum atomic E-state index is 11.3. The quantitative estimate of drug-likeness (QED) is 0.767. The molecule has 1 aromatic heterocycles. The van der Waals surface area contributed by atoms with E-state index >= 15 is 0 Å². The zero-order chi connectivity index (χ0) is 13.8. The Morgan fingerprint density at radius 3 is 2.84 bits per heavy atom. The van der Waals surface area contributed by atoms with Crippen LogP contribution in [0.3, 0.4) is 0 Å². The molecule has 0 amide bonds. The molecule has 0 fully saturated rings. The summed E-state index contributed by atoms with van der Waals surface area (Å²) in [4.78, 5) is 15.4. The monoisotopic (exact) mass is 260 g/mol. The molecule has 1 heterocycles. The van der Waals surface area contributed by atoms with Gasteiger partial charge in [-0.2, -0.15) is 0 Å². The fourth-order valence-electron chi connectivity index (χ4n) is 1.97. The minimum absolute atomic E-state index is 0.0195. The molecule has 1 atom stereocenters. The lowest BCUT2D eigenvalue weighted by molar-refractivity contribution is 0.0697. The van der Waals surface area contributed by atoms with E-state index in [9.17, 15) is 9.90 Å². The van der Waals surface area contributed by atoms with E-state index in [0.29, 0.717) is 12.1 Å². The van der Waals surface area contributed by atoms with Crippen molar-refractivity contribution in [1.82, 2.24) is 4.98 Å². The third-order valence-corrected chi connectivity index (χ3v) is 2.96. The Bertz CT molecular complexity index is 598. The summed E-state index contributed by atoms with van der Waals surface area (Å²) in [6.45, 7) is 1.95. The fourth-order valence-corrected chi connectivity index (χ4v) is 1.97. The molecule has 3 N–H and O–H groups in total. The summed E-state index contributed by atoms with van der Waals surface area (Å²) in [5.74, 6) is -1.02. The molecular formula is C14H16N2O3. The molecule has 0 aliphatic rings. The van der Waals surface area contributed by atoms with Gasteiger partial charge in [-0.3, -0.25) is 4.98 Å². The first kappa shape index (κ1) is 13.3. The lowest BCUT2D eigenvalue weighted by Crippen LogP contribution is -2.19. The second-order valence-corrected chi connectivity index (χ2v) is 4.43. The van der Waals surface area contributed by atoms with Crippen LogP contribution in [0.4, 0.5) is 5.69 Å². The lowest BCUT2D eigenvalue weighted by atomic mass is 10.1.